The lowest BCUT2D eigenvalue weighted by Crippen LogP contribution is -2.33. The van der Waals surface area contributed by atoms with Crippen LogP contribution in [0.15, 0.2) is 41.5 Å². The predicted octanol–water partition coefficient (Wildman–Crippen LogP) is 4.85. The van der Waals surface area contributed by atoms with E-state index in [1.807, 2.05) is 30.3 Å². The maximum atomic E-state index is 13.4. The summed E-state index contributed by atoms with van der Waals surface area (Å²) in [5.41, 5.74) is 4.61. The highest BCUT2D eigenvalue weighted by molar-refractivity contribution is 7.16. The zero-order valence-corrected chi connectivity index (χ0v) is 17.3. The standard InChI is InChI=1S/C23H24N2O2S/c1-4-16-20(13-8-6-5-7-9-13)24-23(28-16)25-21(26)18-14-10-11-15(17(14)12(2)3)19(18)22(25)27/h5-9,14-15,18-19H,4,10-11H2,1-3H3/t14-,15-,18+,19+/m1/s1. The van der Waals surface area contributed by atoms with Crippen molar-refractivity contribution in [1.82, 2.24) is 4.98 Å². The summed E-state index contributed by atoms with van der Waals surface area (Å²) in [5, 5.41) is 0.554. The van der Waals surface area contributed by atoms with Crippen molar-refractivity contribution >= 4 is 28.3 Å². The van der Waals surface area contributed by atoms with Gasteiger partial charge in [-0.15, -0.1) is 11.3 Å². The van der Waals surface area contributed by atoms with Crippen LogP contribution in [-0.2, 0) is 16.0 Å². The first-order valence-electron chi connectivity index (χ1n) is 10.1. The van der Waals surface area contributed by atoms with Gasteiger partial charge >= 0.3 is 0 Å². The van der Waals surface area contributed by atoms with Crippen molar-refractivity contribution in [3.05, 3.63) is 46.4 Å². The second-order valence-corrected chi connectivity index (χ2v) is 9.36. The van der Waals surface area contributed by atoms with E-state index >= 15 is 0 Å². The van der Waals surface area contributed by atoms with Gasteiger partial charge in [-0.25, -0.2) is 9.88 Å². The van der Waals surface area contributed by atoms with Crippen LogP contribution in [0.5, 0.6) is 0 Å². The van der Waals surface area contributed by atoms with E-state index in [1.54, 1.807) is 0 Å². The number of rotatable bonds is 3. The number of hydrogen-bond acceptors (Lipinski definition) is 4. The summed E-state index contributed by atoms with van der Waals surface area (Å²) in [5.74, 6) is 0.0887. The topological polar surface area (TPSA) is 50.3 Å². The van der Waals surface area contributed by atoms with Crippen LogP contribution < -0.4 is 4.90 Å². The molecule has 1 aliphatic heterocycles. The predicted molar refractivity (Wildman–Crippen MR) is 111 cm³/mol. The van der Waals surface area contributed by atoms with Gasteiger partial charge in [-0.05, 0) is 44.9 Å². The number of imide groups is 1. The molecule has 4 nitrogen and oxygen atoms in total. The minimum Gasteiger partial charge on any atom is -0.274 e. The first-order valence-corrected chi connectivity index (χ1v) is 10.9. The Kier molecular flexibility index (Phi) is 4.05. The van der Waals surface area contributed by atoms with E-state index in [1.165, 1.54) is 27.4 Å². The lowest BCUT2D eigenvalue weighted by atomic mass is 9.81. The summed E-state index contributed by atoms with van der Waals surface area (Å²) < 4.78 is 0. The van der Waals surface area contributed by atoms with Crippen molar-refractivity contribution in [2.45, 2.75) is 40.0 Å². The summed E-state index contributed by atoms with van der Waals surface area (Å²) in [7, 11) is 0. The summed E-state index contributed by atoms with van der Waals surface area (Å²) in [6.07, 6.45) is 2.90. The minimum absolute atomic E-state index is 0.0306. The maximum Gasteiger partial charge on any atom is 0.240 e. The van der Waals surface area contributed by atoms with Crippen LogP contribution in [0.3, 0.4) is 0 Å². The second-order valence-electron chi connectivity index (χ2n) is 8.30. The lowest BCUT2D eigenvalue weighted by molar-refractivity contribution is -0.123. The number of aryl methyl sites for hydroxylation is 1. The lowest BCUT2D eigenvalue weighted by Gasteiger charge is -2.18. The minimum atomic E-state index is -0.176. The Labute approximate surface area is 169 Å². The van der Waals surface area contributed by atoms with Crippen LogP contribution >= 0.6 is 11.3 Å². The molecule has 1 aromatic carbocycles. The van der Waals surface area contributed by atoms with Crippen LogP contribution in [0.1, 0.15) is 38.5 Å². The molecule has 2 aromatic rings. The fourth-order valence-corrected chi connectivity index (χ4v) is 6.71. The van der Waals surface area contributed by atoms with Crippen molar-refractivity contribution in [2.24, 2.45) is 23.7 Å². The van der Waals surface area contributed by atoms with Gasteiger partial charge in [0.25, 0.3) is 0 Å². The molecule has 0 N–H and O–H groups in total. The molecule has 2 bridgehead atoms. The van der Waals surface area contributed by atoms with Crippen LogP contribution in [0.25, 0.3) is 11.3 Å². The van der Waals surface area contributed by atoms with E-state index in [2.05, 4.69) is 20.8 Å². The van der Waals surface area contributed by atoms with Gasteiger partial charge < -0.3 is 0 Å². The van der Waals surface area contributed by atoms with Gasteiger partial charge in [-0.3, -0.25) is 9.59 Å². The molecule has 2 amide bonds. The number of fused-ring (bicyclic) bond motifs is 5. The molecule has 28 heavy (non-hydrogen) atoms. The number of carbonyl (C=O) groups excluding carboxylic acids is 2. The van der Waals surface area contributed by atoms with Crippen LogP contribution in [0, 0.1) is 23.7 Å². The average Bonchev–Trinajstić information content (AvgIpc) is 3.43. The zero-order chi connectivity index (χ0) is 19.6. The molecule has 2 aliphatic carbocycles. The number of carbonyl (C=O) groups is 2. The number of allylic oxidation sites excluding steroid dienone is 2. The zero-order valence-electron chi connectivity index (χ0n) is 16.4. The van der Waals surface area contributed by atoms with Gasteiger partial charge in [0.2, 0.25) is 11.8 Å². The van der Waals surface area contributed by atoms with Gasteiger partial charge in [0.1, 0.15) is 0 Å². The molecule has 5 heteroatoms. The molecule has 1 saturated heterocycles. The molecule has 5 rings (SSSR count). The third kappa shape index (κ3) is 2.32. The number of aromatic nitrogens is 1. The number of benzene rings is 1. The molecule has 0 radical (unpaired) electrons. The SMILES string of the molecule is CCc1sc(N2C(=O)[C@@H]3[C@@H](C2=O)[C@@H]2CC[C@@H]3C2=C(C)C)nc1-c1ccccc1. The van der Waals surface area contributed by atoms with Crippen LogP contribution in [0.4, 0.5) is 5.13 Å². The van der Waals surface area contributed by atoms with Crippen molar-refractivity contribution in [1.29, 1.82) is 0 Å². The first-order chi connectivity index (χ1) is 13.5. The molecular weight excluding hydrogens is 368 g/mol. The van der Waals surface area contributed by atoms with Crippen molar-refractivity contribution in [3.63, 3.8) is 0 Å². The monoisotopic (exact) mass is 392 g/mol. The van der Waals surface area contributed by atoms with E-state index in [0.29, 0.717) is 5.13 Å². The molecule has 0 spiro atoms. The van der Waals surface area contributed by atoms with E-state index in [0.717, 1.165) is 35.4 Å². The average molecular weight is 393 g/mol. The van der Waals surface area contributed by atoms with E-state index in [9.17, 15) is 9.59 Å². The molecule has 144 valence electrons. The van der Waals surface area contributed by atoms with Crippen molar-refractivity contribution in [2.75, 3.05) is 4.90 Å². The highest BCUT2D eigenvalue weighted by Crippen LogP contribution is 2.60. The maximum absolute atomic E-state index is 13.4. The highest BCUT2D eigenvalue weighted by Gasteiger charge is 2.64. The van der Waals surface area contributed by atoms with E-state index in [-0.39, 0.29) is 35.5 Å². The molecule has 0 unspecified atom stereocenters. The van der Waals surface area contributed by atoms with Crippen molar-refractivity contribution in [3.8, 4) is 11.3 Å². The normalized spacial score (nSPS) is 28.4. The molecular formula is C23H24N2O2S. The summed E-state index contributed by atoms with van der Waals surface area (Å²) in [6.45, 7) is 6.33. The number of thiazole rings is 1. The number of hydrogen-bond donors (Lipinski definition) is 0. The number of anilines is 1. The van der Waals surface area contributed by atoms with Gasteiger partial charge in [0, 0.05) is 10.4 Å². The third-order valence-corrected chi connectivity index (χ3v) is 7.86. The quantitative estimate of drug-likeness (QED) is 0.554. The third-order valence-electron chi connectivity index (χ3n) is 6.68. The number of nitrogens with zero attached hydrogens (tertiary/aromatic N) is 2. The Morgan fingerprint density at radius 2 is 1.68 bits per heavy atom. The van der Waals surface area contributed by atoms with Crippen LogP contribution in [-0.4, -0.2) is 16.8 Å². The van der Waals surface area contributed by atoms with Gasteiger partial charge in [-0.1, -0.05) is 48.4 Å². The van der Waals surface area contributed by atoms with Crippen LogP contribution in [0.2, 0.25) is 0 Å². The number of amides is 2. The molecule has 3 aliphatic rings. The smallest absolute Gasteiger partial charge is 0.240 e. The Bertz CT molecular complexity index is 971. The fourth-order valence-electron chi connectivity index (χ4n) is 5.68. The van der Waals surface area contributed by atoms with E-state index in [4.69, 9.17) is 4.98 Å². The molecule has 2 heterocycles. The van der Waals surface area contributed by atoms with Gasteiger partial charge in [-0.2, -0.15) is 0 Å². The molecule has 1 aromatic heterocycles. The van der Waals surface area contributed by atoms with E-state index < -0.39 is 0 Å². The molecule has 2 saturated carbocycles. The molecule has 4 atom stereocenters. The largest absolute Gasteiger partial charge is 0.274 e. The highest BCUT2D eigenvalue weighted by atomic mass is 32.1. The Hall–Kier alpha value is -2.27. The second kappa shape index (κ2) is 6.38. The first kappa shape index (κ1) is 17.8. The Balaban J connectivity index is 1.55. The molecule has 3 fully saturated rings. The van der Waals surface area contributed by atoms with Gasteiger partial charge in [0.15, 0.2) is 5.13 Å². The summed E-state index contributed by atoms with van der Waals surface area (Å²) in [4.78, 5) is 34.0. The fraction of sp³-hybridized carbons (Fsp3) is 0.435. The summed E-state index contributed by atoms with van der Waals surface area (Å²) >= 11 is 1.49. The Morgan fingerprint density at radius 1 is 1.07 bits per heavy atom. The van der Waals surface area contributed by atoms with Gasteiger partial charge in [0.05, 0.1) is 17.5 Å². The van der Waals surface area contributed by atoms with Crippen molar-refractivity contribution < 1.29 is 9.59 Å². The Morgan fingerprint density at radius 3 is 2.21 bits per heavy atom. The summed E-state index contributed by atoms with van der Waals surface area (Å²) in [6, 6.07) is 10.0.